The third kappa shape index (κ3) is 12.2. The molecule has 2 atom stereocenters. The number of esters is 1. The third-order valence-electron chi connectivity index (χ3n) is 9.95. The first kappa shape index (κ1) is 42.0. The highest BCUT2D eigenvalue weighted by Gasteiger charge is 2.27. The summed E-state index contributed by atoms with van der Waals surface area (Å²) in [5.41, 5.74) is 5.54. The third-order valence-corrected chi connectivity index (χ3v) is 9.95. The molecule has 0 saturated heterocycles. The number of carbonyl (C=O) groups is 2. The number of pyridine rings is 2. The lowest BCUT2D eigenvalue weighted by molar-refractivity contribution is -0.145. The molecule has 2 heterocycles. The summed E-state index contributed by atoms with van der Waals surface area (Å²) in [6, 6.07) is 19.4. The van der Waals surface area contributed by atoms with Crippen molar-refractivity contribution >= 4 is 11.9 Å². The quantitative estimate of drug-likeness (QED) is 0.0922. The molecule has 2 saturated carbocycles. The fraction of sp³-hybridized carbons (Fsp3) is 0.478. The van der Waals surface area contributed by atoms with Gasteiger partial charge in [-0.05, 0) is 116 Å². The van der Waals surface area contributed by atoms with Crippen molar-refractivity contribution in [2.45, 2.75) is 85.0 Å². The number of carboxylic acids is 1. The van der Waals surface area contributed by atoms with Crippen molar-refractivity contribution in [3.63, 3.8) is 0 Å². The SMILES string of the molecule is CCOC(=O)C(CC(C)C)c1ccc(-c2ccnc(OC)c2)c(OCC2CC2)c1.COc1cc(-c2ccc(C(CC(C)C)C(=O)O)cc2OCC2CC2)ccn1. The molecule has 6 rings (SSSR count). The van der Waals surface area contributed by atoms with Crippen molar-refractivity contribution in [3.05, 3.63) is 84.2 Å². The van der Waals surface area contributed by atoms with Crippen molar-refractivity contribution in [1.82, 2.24) is 9.97 Å². The van der Waals surface area contributed by atoms with Gasteiger partial charge in [-0.25, -0.2) is 9.97 Å². The second-order valence-electron chi connectivity index (χ2n) is 15.6. The molecule has 2 aromatic heterocycles. The molecule has 0 aliphatic heterocycles. The minimum absolute atomic E-state index is 0.173. The molecular weight excluding hydrogens is 709 g/mol. The van der Waals surface area contributed by atoms with Crippen LogP contribution in [0.4, 0.5) is 0 Å². The molecule has 0 spiro atoms. The van der Waals surface area contributed by atoms with Crippen LogP contribution in [0.15, 0.2) is 73.1 Å². The monoisotopic (exact) mass is 766 g/mol. The summed E-state index contributed by atoms with van der Waals surface area (Å²) in [7, 11) is 3.19. The Hall–Kier alpha value is -5.12. The lowest BCUT2D eigenvalue weighted by Crippen LogP contribution is -2.18. The molecule has 0 amide bonds. The first-order valence-electron chi connectivity index (χ1n) is 19.9. The Labute approximate surface area is 331 Å². The van der Waals surface area contributed by atoms with Crippen LogP contribution in [0, 0.1) is 23.7 Å². The maximum Gasteiger partial charge on any atom is 0.313 e. The zero-order valence-corrected chi connectivity index (χ0v) is 34.0. The molecule has 300 valence electrons. The summed E-state index contributed by atoms with van der Waals surface area (Å²) >= 11 is 0. The van der Waals surface area contributed by atoms with Crippen LogP contribution in [0.3, 0.4) is 0 Å². The van der Waals surface area contributed by atoms with E-state index in [9.17, 15) is 14.7 Å². The molecular formula is C46H58N2O8. The van der Waals surface area contributed by atoms with Gasteiger partial charge >= 0.3 is 11.9 Å². The number of benzene rings is 2. The molecule has 2 aliphatic rings. The van der Waals surface area contributed by atoms with Gasteiger partial charge in [0.15, 0.2) is 0 Å². The number of aliphatic carboxylic acids is 1. The van der Waals surface area contributed by atoms with E-state index < -0.39 is 11.9 Å². The zero-order valence-electron chi connectivity index (χ0n) is 34.0. The fourth-order valence-corrected chi connectivity index (χ4v) is 6.52. The second kappa shape index (κ2) is 20.2. The molecule has 2 fully saturated rings. The Morgan fingerprint density at radius 2 is 1.12 bits per heavy atom. The summed E-state index contributed by atoms with van der Waals surface area (Å²) in [5.74, 6) is 2.74. The van der Waals surface area contributed by atoms with Crippen LogP contribution in [0.2, 0.25) is 0 Å². The fourth-order valence-electron chi connectivity index (χ4n) is 6.52. The van der Waals surface area contributed by atoms with Crippen molar-refractivity contribution < 1.29 is 38.4 Å². The van der Waals surface area contributed by atoms with Crippen LogP contribution in [0.5, 0.6) is 23.3 Å². The van der Waals surface area contributed by atoms with E-state index in [2.05, 4.69) is 23.8 Å². The van der Waals surface area contributed by atoms with Gasteiger partial charge < -0.3 is 28.8 Å². The number of carbonyl (C=O) groups excluding carboxylic acids is 1. The lowest BCUT2D eigenvalue weighted by atomic mass is 9.89. The summed E-state index contributed by atoms with van der Waals surface area (Å²) in [4.78, 5) is 32.8. The Morgan fingerprint density at radius 3 is 1.52 bits per heavy atom. The van der Waals surface area contributed by atoms with Gasteiger partial charge in [-0.15, -0.1) is 0 Å². The molecule has 0 bridgehead atoms. The molecule has 1 N–H and O–H groups in total. The van der Waals surface area contributed by atoms with Crippen LogP contribution < -0.4 is 18.9 Å². The standard InChI is InChI=1S/C24H31NO4.C22H27NO4/c1-5-28-24(26)21(12-16(2)3)18-8-9-20(19-10-11-25-23(14-19)27-4)22(13-18)29-15-17-6-7-17;1-14(2)10-19(22(24)25)16-6-7-18(17-8-9-23-21(12-17)26-3)20(11-16)27-13-15-4-5-15/h8-11,13-14,16-17,21H,5-7,12,15H2,1-4H3;6-9,11-12,14-15,19H,4-5,10,13H2,1-3H3,(H,24,25). The highest BCUT2D eigenvalue weighted by molar-refractivity contribution is 5.80. The van der Waals surface area contributed by atoms with E-state index in [1.165, 1.54) is 25.7 Å². The topological polar surface area (TPSA) is 126 Å². The van der Waals surface area contributed by atoms with E-state index in [0.29, 0.717) is 61.7 Å². The van der Waals surface area contributed by atoms with Crippen LogP contribution in [-0.4, -0.2) is 61.1 Å². The largest absolute Gasteiger partial charge is 0.493 e. The number of carboxylic acid groups (broad SMARTS) is 1. The van der Waals surface area contributed by atoms with E-state index in [1.807, 2.05) is 81.4 Å². The maximum absolute atomic E-state index is 12.6. The van der Waals surface area contributed by atoms with Crippen molar-refractivity contribution in [1.29, 1.82) is 0 Å². The van der Waals surface area contributed by atoms with Gasteiger partial charge in [-0.1, -0.05) is 52.0 Å². The summed E-state index contributed by atoms with van der Waals surface area (Å²) in [6.45, 7) is 11.9. The Bertz CT molecular complexity index is 1900. The number of hydrogen-bond donors (Lipinski definition) is 1. The molecule has 10 heteroatoms. The normalized spacial score (nSPS) is 14.7. The Balaban J connectivity index is 0.000000215. The van der Waals surface area contributed by atoms with Crippen molar-refractivity contribution in [3.8, 4) is 45.5 Å². The summed E-state index contributed by atoms with van der Waals surface area (Å²) < 4.78 is 28.2. The first-order chi connectivity index (χ1) is 27.0. The second-order valence-corrected chi connectivity index (χ2v) is 15.6. The van der Waals surface area contributed by atoms with E-state index in [-0.39, 0.29) is 11.9 Å². The number of rotatable bonds is 19. The number of nitrogens with zero attached hydrogens (tertiary/aromatic N) is 2. The summed E-state index contributed by atoms with van der Waals surface area (Å²) in [5, 5.41) is 9.68. The lowest BCUT2D eigenvalue weighted by Gasteiger charge is -2.20. The van der Waals surface area contributed by atoms with Gasteiger partial charge in [0.2, 0.25) is 11.8 Å². The predicted octanol–water partition coefficient (Wildman–Crippen LogP) is 10.00. The smallest absolute Gasteiger partial charge is 0.313 e. The average molecular weight is 767 g/mol. The number of ether oxygens (including phenoxy) is 5. The zero-order chi connectivity index (χ0) is 40.2. The Kier molecular flexibility index (Phi) is 15.1. The number of aromatic nitrogens is 2. The highest BCUT2D eigenvalue weighted by Crippen LogP contribution is 2.39. The number of hydrogen-bond acceptors (Lipinski definition) is 9. The number of methoxy groups -OCH3 is 2. The van der Waals surface area contributed by atoms with Crippen LogP contribution >= 0.6 is 0 Å². The first-order valence-corrected chi connectivity index (χ1v) is 19.9. The van der Waals surface area contributed by atoms with Crippen molar-refractivity contribution in [2.24, 2.45) is 23.7 Å². The molecule has 56 heavy (non-hydrogen) atoms. The predicted molar refractivity (Wildman–Crippen MR) is 218 cm³/mol. The molecule has 10 nitrogen and oxygen atoms in total. The molecule has 2 aliphatic carbocycles. The van der Waals surface area contributed by atoms with Gasteiger partial charge in [0.1, 0.15) is 11.5 Å². The minimum Gasteiger partial charge on any atom is -0.493 e. The molecule has 2 unspecified atom stereocenters. The van der Waals surface area contributed by atoms with E-state index in [1.54, 1.807) is 26.6 Å². The van der Waals surface area contributed by atoms with E-state index in [4.69, 9.17) is 23.7 Å². The van der Waals surface area contributed by atoms with E-state index >= 15 is 0 Å². The molecule has 2 aromatic carbocycles. The van der Waals surface area contributed by atoms with Gasteiger partial charge in [0.05, 0.1) is 45.9 Å². The Morgan fingerprint density at radius 1 is 0.679 bits per heavy atom. The van der Waals surface area contributed by atoms with Crippen LogP contribution in [-0.2, 0) is 14.3 Å². The highest BCUT2D eigenvalue weighted by atomic mass is 16.5. The molecule has 4 aromatic rings. The minimum atomic E-state index is -0.796. The molecule has 0 radical (unpaired) electrons. The van der Waals surface area contributed by atoms with Gasteiger partial charge in [0.25, 0.3) is 0 Å². The van der Waals surface area contributed by atoms with Gasteiger partial charge in [0, 0.05) is 35.7 Å². The average Bonchev–Trinajstić information content (AvgIpc) is 4.14. The maximum atomic E-state index is 12.6. The van der Waals surface area contributed by atoms with Crippen LogP contribution in [0.25, 0.3) is 22.3 Å². The summed E-state index contributed by atoms with van der Waals surface area (Å²) in [6.07, 6.45) is 9.60. The van der Waals surface area contributed by atoms with Gasteiger partial charge in [-0.2, -0.15) is 0 Å². The van der Waals surface area contributed by atoms with Crippen molar-refractivity contribution in [2.75, 3.05) is 34.0 Å². The van der Waals surface area contributed by atoms with Crippen LogP contribution in [0.1, 0.15) is 96.1 Å². The van der Waals surface area contributed by atoms with Gasteiger partial charge in [-0.3, -0.25) is 9.59 Å². The van der Waals surface area contributed by atoms with E-state index in [0.717, 1.165) is 51.3 Å².